The van der Waals surface area contributed by atoms with Crippen LogP contribution in [0.1, 0.15) is 18.9 Å². The van der Waals surface area contributed by atoms with E-state index in [4.69, 9.17) is 14.2 Å². The van der Waals surface area contributed by atoms with Crippen LogP contribution in [0.3, 0.4) is 0 Å². The van der Waals surface area contributed by atoms with E-state index >= 15 is 0 Å². The van der Waals surface area contributed by atoms with Gasteiger partial charge in [0.05, 0.1) is 13.2 Å². The molecule has 0 radical (unpaired) electrons. The summed E-state index contributed by atoms with van der Waals surface area (Å²) in [5.41, 5.74) is 1.13. The summed E-state index contributed by atoms with van der Waals surface area (Å²) in [6, 6.07) is 5.53. The molecule has 5 heteroatoms. The van der Waals surface area contributed by atoms with Crippen molar-refractivity contribution in [1.29, 1.82) is 0 Å². The molecule has 0 spiro atoms. The van der Waals surface area contributed by atoms with Gasteiger partial charge in [0.25, 0.3) is 0 Å². The standard InChI is InChI=1S/C14H13NO4/c1-9-15-11(14(16)19-9)7-10-3-4-12-13(8-10)18-6-2-5-17-12/h3-4,7-8H,2,5-6H2,1H3/b11-7+. The first kappa shape index (κ1) is 11.8. The number of nitrogens with zero attached hydrogens (tertiary/aromatic N) is 1. The number of hydrogen-bond acceptors (Lipinski definition) is 5. The van der Waals surface area contributed by atoms with Crippen LogP contribution in [0, 0.1) is 0 Å². The van der Waals surface area contributed by atoms with Crippen molar-refractivity contribution in [3.05, 3.63) is 29.5 Å². The van der Waals surface area contributed by atoms with Gasteiger partial charge < -0.3 is 14.2 Å². The smallest absolute Gasteiger partial charge is 0.363 e. The topological polar surface area (TPSA) is 57.1 Å². The Morgan fingerprint density at radius 1 is 1.21 bits per heavy atom. The number of benzene rings is 1. The molecule has 0 fully saturated rings. The quantitative estimate of drug-likeness (QED) is 0.573. The Balaban J connectivity index is 1.92. The first-order chi connectivity index (χ1) is 9.22. The number of ether oxygens (including phenoxy) is 3. The van der Waals surface area contributed by atoms with Crippen LogP contribution in [0.4, 0.5) is 0 Å². The Labute approximate surface area is 110 Å². The first-order valence-corrected chi connectivity index (χ1v) is 6.11. The van der Waals surface area contributed by atoms with Gasteiger partial charge in [0, 0.05) is 13.3 Å². The lowest BCUT2D eigenvalue weighted by Gasteiger charge is -2.07. The van der Waals surface area contributed by atoms with Crippen LogP contribution in [0.5, 0.6) is 11.5 Å². The number of carbonyl (C=O) groups excluding carboxylic acids is 1. The van der Waals surface area contributed by atoms with Crippen molar-refractivity contribution in [3.63, 3.8) is 0 Å². The van der Waals surface area contributed by atoms with Crippen molar-refractivity contribution < 1.29 is 19.0 Å². The third-order valence-corrected chi connectivity index (χ3v) is 2.80. The normalized spacial score (nSPS) is 19.9. The molecule has 0 atom stereocenters. The molecule has 2 heterocycles. The van der Waals surface area contributed by atoms with Gasteiger partial charge in [0.15, 0.2) is 23.1 Å². The van der Waals surface area contributed by atoms with Crippen LogP contribution >= 0.6 is 0 Å². The van der Waals surface area contributed by atoms with E-state index in [-0.39, 0.29) is 0 Å². The van der Waals surface area contributed by atoms with E-state index in [0.29, 0.717) is 30.6 Å². The number of carbonyl (C=O) groups is 1. The fourth-order valence-electron chi connectivity index (χ4n) is 1.94. The van der Waals surface area contributed by atoms with Gasteiger partial charge in [0.2, 0.25) is 0 Å². The van der Waals surface area contributed by atoms with E-state index in [9.17, 15) is 4.79 Å². The molecule has 1 aromatic carbocycles. The predicted octanol–water partition coefficient (Wildman–Crippen LogP) is 2.16. The van der Waals surface area contributed by atoms with Crippen LogP contribution in [-0.2, 0) is 9.53 Å². The van der Waals surface area contributed by atoms with E-state index in [2.05, 4.69) is 4.99 Å². The Morgan fingerprint density at radius 2 is 2.00 bits per heavy atom. The maximum atomic E-state index is 11.5. The Morgan fingerprint density at radius 3 is 2.74 bits per heavy atom. The summed E-state index contributed by atoms with van der Waals surface area (Å²) < 4.78 is 16.0. The van der Waals surface area contributed by atoms with Gasteiger partial charge in [-0.1, -0.05) is 6.07 Å². The fourth-order valence-corrected chi connectivity index (χ4v) is 1.94. The minimum atomic E-state index is -0.426. The second-order valence-corrected chi connectivity index (χ2v) is 4.31. The summed E-state index contributed by atoms with van der Waals surface area (Å²) in [6.45, 7) is 2.93. The molecule has 0 aromatic heterocycles. The lowest BCUT2D eigenvalue weighted by atomic mass is 10.1. The maximum Gasteiger partial charge on any atom is 0.363 e. The molecular formula is C14H13NO4. The summed E-state index contributed by atoms with van der Waals surface area (Å²) in [6.07, 6.45) is 2.54. The van der Waals surface area contributed by atoms with Crippen LogP contribution in [-0.4, -0.2) is 25.1 Å². The van der Waals surface area contributed by atoms with Gasteiger partial charge in [-0.2, -0.15) is 0 Å². The number of esters is 1. The minimum absolute atomic E-state index is 0.298. The summed E-state index contributed by atoms with van der Waals surface area (Å²) in [5, 5.41) is 0. The largest absolute Gasteiger partial charge is 0.490 e. The zero-order valence-electron chi connectivity index (χ0n) is 10.5. The number of aliphatic imine (C=N–C) groups is 1. The van der Waals surface area contributed by atoms with Crippen LogP contribution in [0.25, 0.3) is 6.08 Å². The molecule has 2 aliphatic rings. The lowest BCUT2D eigenvalue weighted by molar-refractivity contribution is -0.130. The van der Waals surface area contributed by atoms with Crippen molar-refractivity contribution in [2.75, 3.05) is 13.2 Å². The molecule has 0 saturated carbocycles. The molecule has 3 rings (SSSR count). The third-order valence-electron chi connectivity index (χ3n) is 2.80. The molecule has 0 aliphatic carbocycles. The highest BCUT2D eigenvalue weighted by molar-refractivity contribution is 6.06. The first-order valence-electron chi connectivity index (χ1n) is 6.11. The predicted molar refractivity (Wildman–Crippen MR) is 69.2 cm³/mol. The van der Waals surface area contributed by atoms with Crippen LogP contribution in [0.2, 0.25) is 0 Å². The molecule has 2 aliphatic heterocycles. The molecule has 5 nitrogen and oxygen atoms in total. The van der Waals surface area contributed by atoms with Crippen LogP contribution < -0.4 is 9.47 Å². The molecule has 19 heavy (non-hydrogen) atoms. The van der Waals surface area contributed by atoms with Crippen LogP contribution in [0.15, 0.2) is 28.9 Å². The summed E-state index contributed by atoms with van der Waals surface area (Å²) >= 11 is 0. The van der Waals surface area contributed by atoms with Gasteiger partial charge in [-0.3, -0.25) is 0 Å². The number of hydrogen-bond donors (Lipinski definition) is 0. The third kappa shape index (κ3) is 2.45. The molecular weight excluding hydrogens is 246 g/mol. The van der Waals surface area contributed by atoms with E-state index in [0.717, 1.165) is 17.7 Å². The van der Waals surface area contributed by atoms with Gasteiger partial charge in [0.1, 0.15) is 0 Å². The number of rotatable bonds is 1. The average Bonchev–Trinajstić information content (AvgIpc) is 2.60. The highest BCUT2D eigenvalue weighted by Gasteiger charge is 2.20. The van der Waals surface area contributed by atoms with E-state index in [1.165, 1.54) is 0 Å². The highest BCUT2D eigenvalue weighted by Crippen LogP contribution is 2.31. The van der Waals surface area contributed by atoms with Gasteiger partial charge >= 0.3 is 5.97 Å². The summed E-state index contributed by atoms with van der Waals surface area (Å²) in [4.78, 5) is 15.5. The Bertz CT molecular complexity index is 589. The van der Waals surface area contributed by atoms with Gasteiger partial charge in [-0.15, -0.1) is 0 Å². The Kier molecular flexibility index (Phi) is 2.95. The second-order valence-electron chi connectivity index (χ2n) is 4.31. The summed E-state index contributed by atoms with van der Waals surface area (Å²) in [7, 11) is 0. The fraction of sp³-hybridized carbons (Fsp3) is 0.286. The monoisotopic (exact) mass is 259 g/mol. The molecule has 98 valence electrons. The molecule has 0 saturated heterocycles. The lowest BCUT2D eigenvalue weighted by Crippen LogP contribution is -1.99. The molecule has 1 aromatic rings. The second kappa shape index (κ2) is 4.76. The molecule has 0 bridgehead atoms. The Hall–Kier alpha value is -2.30. The van der Waals surface area contributed by atoms with Crippen molar-refractivity contribution in [1.82, 2.24) is 0 Å². The zero-order chi connectivity index (χ0) is 13.2. The SMILES string of the molecule is CC1=N/C(=C/c2ccc3c(c2)OCCCO3)C(=O)O1. The van der Waals surface area contributed by atoms with Gasteiger partial charge in [-0.25, -0.2) is 9.79 Å². The number of fused-ring (bicyclic) bond motifs is 1. The molecule has 0 amide bonds. The highest BCUT2D eigenvalue weighted by atomic mass is 16.6. The summed E-state index contributed by atoms with van der Waals surface area (Å²) in [5.74, 6) is 1.36. The zero-order valence-corrected chi connectivity index (χ0v) is 10.5. The number of cyclic esters (lactones) is 1. The van der Waals surface area contributed by atoms with Gasteiger partial charge in [-0.05, 0) is 23.8 Å². The van der Waals surface area contributed by atoms with E-state index in [1.54, 1.807) is 13.0 Å². The van der Waals surface area contributed by atoms with Crippen molar-refractivity contribution in [3.8, 4) is 11.5 Å². The minimum Gasteiger partial charge on any atom is -0.490 e. The maximum absolute atomic E-state index is 11.5. The van der Waals surface area contributed by atoms with E-state index in [1.807, 2.05) is 18.2 Å². The molecule has 0 N–H and O–H groups in total. The van der Waals surface area contributed by atoms with Crippen molar-refractivity contribution >= 4 is 17.9 Å². The van der Waals surface area contributed by atoms with Crippen molar-refractivity contribution in [2.45, 2.75) is 13.3 Å². The molecule has 0 unspecified atom stereocenters. The average molecular weight is 259 g/mol. The van der Waals surface area contributed by atoms with Crippen molar-refractivity contribution in [2.24, 2.45) is 4.99 Å². The van der Waals surface area contributed by atoms with E-state index < -0.39 is 5.97 Å².